The minimum Gasteiger partial charge on any atom is -0.376 e. The Morgan fingerprint density at radius 2 is 2.14 bits per heavy atom. The summed E-state index contributed by atoms with van der Waals surface area (Å²) in [6.45, 7) is 8.05. The van der Waals surface area contributed by atoms with E-state index in [0.29, 0.717) is 13.2 Å². The monoisotopic (exact) mass is 301 g/mol. The van der Waals surface area contributed by atoms with Gasteiger partial charge in [0, 0.05) is 6.61 Å². The quantitative estimate of drug-likeness (QED) is 0.852. The summed E-state index contributed by atoms with van der Waals surface area (Å²) in [4.78, 5) is 4.49. The first-order chi connectivity index (χ1) is 10.6. The summed E-state index contributed by atoms with van der Waals surface area (Å²) in [5, 5.41) is 4.50. The Bertz CT molecular complexity index is 645. The third kappa shape index (κ3) is 3.36. The molecule has 118 valence electrons. The van der Waals surface area contributed by atoms with Crippen LogP contribution in [0.1, 0.15) is 35.6 Å². The average Bonchev–Trinajstić information content (AvgIpc) is 3.12. The molecule has 0 aliphatic carbocycles. The first kappa shape index (κ1) is 15.2. The Balaban J connectivity index is 1.72. The third-order valence-electron chi connectivity index (χ3n) is 4.07. The van der Waals surface area contributed by atoms with E-state index in [1.807, 2.05) is 11.6 Å². The Morgan fingerprint density at radius 1 is 1.27 bits per heavy atom. The normalized spacial score (nSPS) is 18.0. The lowest BCUT2D eigenvalue weighted by atomic mass is 10.1. The molecule has 1 atom stereocenters. The predicted octanol–water partition coefficient (Wildman–Crippen LogP) is 2.89. The van der Waals surface area contributed by atoms with Crippen molar-refractivity contribution in [2.75, 3.05) is 13.2 Å². The van der Waals surface area contributed by atoms with Crippen molar-refractivity contribution in [1.82, 2.24) is 14.8 Å². The molecule has 22 heavy (non-hydrogen) atoms. The van der Waals surface area contributed by atoms with Gasteiger partial charge in [-0.15, -0.1) is 0 Å². The fourth-order valence-electron chi connectivity index (χ4n) is 2.67. The number of ether oxygens (including phenoxy) is 2. The molecule has 1 aliphatic rings. The van der Waals surface area contributed by atoms with Gasteiger partial charge < -0.3 is 9.47 Å². The number of rotatable bonds is 5. The Hall–Kier alpha value is -1.72. The van der Waals surface area contributed by atoms with Gasteiger partial charge in [-0.05, 0) is 56.9 Å². The maximum absolute atomic E-state index is 5.78. The van der Waals surface area contributed by atoms with E-state index in [0.717, 1.165) is 36.8 Å². The summed E-state index contributed by atoms with van der Waals surface area (Å²) >= 11 is 0. The second-order valence-electron chi connectivity index (χ2n) is 5.91. The van der Waals surface area contributed by atoms with Crippen LogP contribution in [-0.4, -0.2) is 34.1 Å². The SMILES string of the molecule is Cc1nc(COCC2CCCO2)n(-c2ccc(C)c(C)c2)n1. The van der Waals surface area contributed by atoms with E-state index in [1.54, 1.807) is 0 Å². The fourth-order valence-corrected chi connectivity index (χ4v) is 2.67. The topological polar surface area (TPSA) is 49.2 Å². The molecule has 0 saturated carbocycles. The lowest BCUT2D eigenvalue weighted by Gasteiger charge is -2.11. The fraction of sp³-hybridized carbons (Fsp3) is 0.529. The molecule has 1 saturated heterocycles. The first-order valence-corrected chi connectivity index (χ1v) is 7.83. The Labute approximate surface area is 131 Å². The Morgan fingerprint density at radius 3 is 2.86 bits per heavy atom. The van der Waals surface area contributed by atoms with Crippen LogP contribution in [-0.2, 0) is 16.1 Å². The molecule has 1 unspecified atom stereocenters. The van der Waals surface area contributed by atoms with E-state index in [9.17, 15) is 0 Å². The van der Waals surface area contributed by atoms with Crippen molar-refractivity contribution < 1.29 is 9.47 Å². The molecule has 0 N–H and O–H groups in total. The second kappa shape index (κ2) is 6.58. The molecule has 0 bridgehead atoms. The molecule has 2 aromatic rings. The minimum absolute atomic E-state index is 0.235. The van der Waals surface area contributed by atoms with E-state index < -0.39 is 0 Å². The molecule has 2 heterocycles. The molecule has 5 heteroatoms. The van der Waals surface area contributed by atoms with Gasteiger partial charge in [0.25, 0.3) is 0 Å². The molecule has 1 aromatic carbocycles. The maximum atomic E-state index is 5.78. The summed E-state index contributed by atoms with van der Waals surface area (Å²) in [5.74, 6) is 1.59. The van der Waals surface area contributed by atoms with Crippen LogP contribution >= 0.6 is 0 Å². The number of aromatic nitrogens is 3. The van der Waals surface area contributed by atoms with Crippen LogP contribution < -0.4 is 0 Å². The highest BCUT2D eigenvalue weighted by atomic mass is 16.5. The van der Waals surface area contributed by atoms with Crippen LogP contribution in [0, 0.1) is 20.8 Å². The van der Waals surface area contributed by atoms with Gasteiger partial charge in [0.2, 0.25) is 0 Å². The minimum atomic E-state index is 0.235. The number of hydrogen-bond donors (Lipinski definition) is 0. The summed E-state index contributed by atoms with van der Waals surface area (Å²) < 4.78 is 13.2. The van der Waals surface area contributed by atoms with Crippen LogP contribution in [0.3, 0.4) is 0 Å². The van der Waals surface area contributed by atoms with Crippen LogP contribution in [0.4, 0.5) is 0 Å². The zero-order valence-electron chi connectivity index (χ0n) is 13.5. The first-order valence-electron chi connectivity index (χ1n) is 7.83. The van der Waals surface area contributed by atoms with Crippen molar-refractivity contribution in [1.29, 1.82) is 0 Å². The predicted molar refractivity (Wildman–Crippen MR) is 84.2 cm³/mol. The molecule has 0 spiro atoms. The van der Waals surface area contributed by atoms with Crippen LogP contribution in [0.2, 0.25) is 0 Å². The number of aryl methyl sites for hydroxylation is 3. The van der Waals surface area contributed by atoms with Crippen molar-refractivity contribution in [2.24, 2.45) is 0 Å². The largest absolute Gasteiger partial charge is 0.376 e. The van der Waals surface area contributed by atoms with Gasteiger partial charge >= 0.3 is 0 Å². The van der Waals surface area contributed by atoms with Gasteiger partial charge in [-0.1, -0.05) is 6.07 Å². The Kier molecular flexibility index (Phi) is 4.55. The van der Waals surface area contributed by atoms with E-state index >= 15 is 0 Å². The average molecular weight is 301 g/mol. The molecular weight excluding hydrogens is 278 g/mol. The summed E-state index contributed by atoms with van der Waals surface area (Å²) in [6.07, 6.45) is 2.45. The van der Waals surface area contributed by atoms with Gasteiger partial charge in [-0.2, -0.15) is 5.10 Å². The maximum Gasteiger partial charge on any atom is 0.158 e. The third-order valence-corrected chi connectivity index (χ3v) is 4.07. The number of hydrogen-bond acceptors (Lipinski definition) is 4. The molecule has 1 fully saturated rings. The zero-order chi connectivity index (χ0) is 15.5. The van der Waals surface area contributed by atoms with Crippen molar-refractivity contribution in [3.8, 4) is 5.69 Å². The molecule has 5 nitrogen and oxygen atoms in total. The van der Waals surface area contributed by atoms with E-state index in [1.165, 1.54) is 11.1 Å². The van der Waals surface area contributed by atoms with Gasteiger partial charge in [0.15, 0.2) is 5.82 Å². The van der Waals surface area contributed by atoms with Gasteiger partial charge in [-0.25, -0.2) is 9.67 Å². The second-order valence-corrected chi connectivity index (χ2v) is 5.91. The van der Waals surface area contributed by atoms with E-state index in [4.69, 9.17) is 9.47 Å². The summed E-state index contributed by atoms with van der Waals surface area (Å²) in [7, 11) is 0. The molecule has 0 radical (unpaired) electrons. The smallest absolute Gasteiger partial charge is 0.158 e. The van der Waals surface area contributed by atoms with Crippen LogP contribution in [0.15, 0.2) is 18.2 Å². The standard InChI is InChI=1S/C17H23N3O2/c1-12-6-7-15(9-13(12)2)20-17(18-14(3)19-20)11-21-10-16-5-4-8-22-16/h6-7,9,16H,4-5,8,10-11H2,1-3H3. The van der Waals surface area contributed by atoms with Crippen molar-refractivity contribution in [3.63, 3.8) is 0 Å². The van der Waals surface area contributed by atoms with Crippen molar-refractivity contribution in [3.05, 3.63) is 41.0 Å². The number of nitrogens with zero attached hydrogens (tertiary/aromatic N) is 3. The van der Waals surface area contributed by atoms with Crippen LogP contribution in [0.5, 0.6) is 0 Å². The molecule has 3 rings (SSSR count). The highest BCUT2D eigenvalue weighted by Crippen LogP contribution is 2.17. The van der Waals surface area contributed by atoms with Gasteiger partial charge in [-0.3, -0.25) is 0 Å². The number of benzene rings is 1. The van der Waals surface area contributed by atoms with Crippen molar-refractivity contribution in [2.45, 2.75) is 46.3 Å². The molecule has 1 aliphatic heterocycles. The van der Waals surface area contributed by atoms with Gasteiger partial charge in [0.05, 0.1) is 18.4 Å². The zero-order valence-corrected chi connectivity index (χ0v) is 13.5. The highest BCUT2D eigenvalue weighted by molar-refractivity contribution is 5.39. The van der Waals surface area contributed by atoms with Crippen LogP contribution in [0.25, 0.3) is 5.69 Å². The molecule has 0 amide bonds. The summed E-state index contributed by atoms with van der Waals surface area (Å²) in [6, 6.07) is 6.31. The van der Waals surface area contributed by atoms with E-state index in [2.05, 4.69) is 42.1 Å². The molecule has 1 aromatic heterocycles. The lowest BCUT2D eigenvalue weighted by molar-refractivity contribution is 0.00817. The highest BCUT2D eigenvalue weighted by Gasteiger charge is 2.16. The van der Waals surface area contributed by atoms with Gasteiger partial charge in [0.1, 0.15) is 12.4 Å². The lowest BCUT2D eigenvalue weighted by Crippen LogP contribution is -2.15. The van der Waals surface area contributed by atoms with E-state index in [-0.39, 0.29) is 6.10 Å². The molecular formula is C17H23N3O2. The summed E-state index contributed by atoms with van der Waals surface area (Å²) in [5.41, 5.74) is 3.55. The van der Waals surface area contributed by atoms with Crippen molar-refractivity contribution >= 4 is 0 Å².